The third kappa shape index (κ3) is 3.36. The fraction of sp³-hybridized carbons (Fsp3) is 0.737. The van der Waals surface area contributed by atoms with Gasteiger partial charge < -0.3 is 28.7 Å². The molecule has 0 saturated carbocycles. The Labute approximate surface area is 163 Å². The molecular formula is C19H26N4O5. The summed E-state index contributed by atoms with van der Waals surface area (Å²) in [7, 11) is 0. The second kappa shape index (κ2) is 7.22. The first-order valence-corrected chi connectivity index (χ1v) is 10.1. The molecule has 0 aromatic carbocycles. The van der Waals surface area contributed by atoms with Crippen LogP contribution in [0.2, 0.25) is 0 Å². The number of carbonyl (C=O) groups excluding carboxylic acids is 1. The van der Waals surface area contributed by atoms with Crippen LogP contribution in [0.4, 0.5) is 5.82 Å². The Kier molecular flexibility index (Phi) is 4.70. The molecule has 0 unspecified atom stereocenters. The number of aromatic nitrogens is 2. The van der Waals surface area contributed by atoms with Crippen molar-refractivity contribution in [3.8, 4) is 0 Å². The van der Waals surface area contributed by atoms with Gasteiger partial charge in [-0.1, -0.05) is 0 Å². The van der Waals surface area contributed by atoms with Gasteiger partial charge in [-0.2, -0.15) is 0 Å². The maximum absolute atomic E-state index is 12.9. The zero-order valence-corrected chi connectivity index (χ0v) is 16.0. The molecule has 0 bridgehead atoms. The predicted molar refractivity (Wildman–Crippen MR) is 97.9 cm³/mol. The molecule has 0 radical (unpaired) electrons. The molecule has 152 valence electrons. The average Bonchev–Trinajstić information content (AvgIpc) is 3.39. The van der Waals surface area contributed by atoms with Crippen molar-refractivity contribution >= 4 is 11.7 Å². The van der Waals surface area contributed by atoms with Crippen molar-refractivity contribution in [1.29, 1.82) is 0 Å². The standard InChI is InChI=1S/C19H26N4O5/c24-17(23-7-3-19(4-8-23)27-11-12-28-19)15-13-16(21-14-20-15)22-5-1-18(2-6-22)25-9-10-26-18/h13-14H,1-12H2. The second-order valence-corrected chi connectivity index (χ2v) is 7.76. The first kappa shape index (κ1) is 18.2. The lowest BCUT2D eigenvalue weighted by atomic mass is 10.0. The van der Waals surface area contributed by atoms with Crippen LogP contribution in [0.1, 0.15) is 36.2 Å². The highest BCUT2D eigenvalue weighted by molar-refractivity contribution is 5.93. The summed E-state index contributed by atoms with van der Waals surface area (Å²) < 4.78 is 23.0. The number of rotatable bonds is 2. The zero-order chi connectivity index (χ0) is 19.0. The molecule has 0 atom stereocenters. The molecule has 4 saturated heterocycles. The van der Waals surface area contributed by atoms with E-state index in [-0.39, 0.29) is 5.91 Å². The van der Waals surface area contributed by atoms with E-state index in [2.05, 4.69) is 14.9 Å². The Bertz CT molecular complexity index is 713. The van der Waals surface area contributed by atoms with Crippen molar-refractivity contribution < 1.29 is 23.7 Å². The van der Waals surface area contributed by atoms with Crippen molar-refractivity contribution in [1.82, 2.24) is 14.9 Å². The summed E-state index contributed by atoms with van der Waals surface area (Å²) in [5.41, 5.74) is 0.433. The van der Waals surface area contributed by atoms with Crippen LogP contribution in [0.25, 0.3) is 0 Å². The summed E-state index contributed by atoms with van der Waals surface area (Å²) in [6.45, 7) is 5.39. The minimum atomic E-state index is -0.484. The number of carbonyl (C=O) groups is 1. The van der Waals surface area contributed by atoms with E-state index in [1.54, 1.807) is 6.07 Å². The van der Waals surface area contributed by atoms with Gasteiger partial charge >= 0.3 is 0 Å². The topological polar surface area (TPSA) is 86.3 Å². The summed E-state index contributed by atoms with van der Waals surface area (Å²) >= 11 is 0. The summed E-state index contributed by atoms with van der Waals surface area (Å²) in [6, 6.07) is 1.80. The van der Waals surface area contributed by atoms with E-state index in [1.165, 1.54) is 6.33 Å². The molecule has 0 aliphatic carbocycles. The maximum Gasteiger partial charge on any atom is 0.272 e. The molecule has 9 heteroatoms. The van der Waals surface area contributed by atoms with Crippen molar-refractivity contribution in [3.05, 3.63) is 18.1 Å². The molecule has 4 aliphatic rings. The van der Waals surface area contributed by atoms with Gasteiger partial charge in [0, 0.05) is 57.9 Å². The molecule has 1 aromatic rings. The number of amides is 1. The highest BCUT2D eigenvalue weighted by Crippen LogP contribution is 2.33. The third-order valence-electron chi connectivity index (χ3n) is 6.16. The maximum atomic E-state index is 12.9. The van der Waals surface area contributed by atoms with Crippen LogP contribution >= 0.6 is 0 Å². The summed E-state index contributed by atoms with van der Waals surface area (Å²) in [4.78, 5) is 25.5. The average molecular weight is 390 g/mol. The number of likely N-dealkylation sites (tertiary alicyclic amines) is 1. The van der Waals surface area contributed by atoms with Crippen molar-refractivity contribution in [2.24, 2.45) is 0 Å². The Morgan fingerprint density at radius 3 is 1.93 bits per heavy atom. The van der Waals surface area contributed by atoms with Crippen LogP contribution in [0, 0.1) is 0 Å². The first-order valence-electron chi connectivity index (χ1n) is 10.1. The van der Waals surface area contributed by atoms with E-state index in [9.17, 15) is 4.79 Å². The largest absolute Gasteiger partial charge is 0.356 e. The minimum absolute atomic E-state index is 0.0626. The molecule has 5 heterocycles. The van der Waals surface area contributed by atoms with E-state index in [0.29, 0.717) is 58.1 Å². The van der Waals surface area contributed by atoms with Crippen LogP contribution < -0.4 is 4.90 Å². The van der Waals surface area contributed by atoms with Gasteiger partial charge in [-0.15, -0.1) is 0 Å². The zero-order valence-electron chi connectivity index (χ0n) is 16.0. The van der Waals surface area contributed by atoms with Gasteiger partial charge in [-0.05, 0) is 0 Å². The van der Waals surface area contributed by atoms with Crippen molar-refractivity contribution in [2.45, 2.75) is 37.3 Å². The highest BCUT2D eigenvalue weighted by atomic mass is 16.7. The van der Waals surface area contributed by atoms with Crippen molar-refractivity contribution in [3.63, 3.8) is 0 Å². The van der Waals surface area contributed by atoms with Gasteiger partial charge in [-0.3, -0.25) is 4.79 Å². The minimum Gasteiger partial charge on any atom is -0.356 e. The molecule has 1 aromatic heterocycles. The molecule has 5 rings (SSSR count). The van der Waals surface area contributed by atoms with Gasteiger partial charge in [0.1, 0.15) is 17.8 Å². The van der Waals surface area contributed by atoms with E-state index in [1.807, 2.05) is 4.90 Å². The number of piperidine rings is 2. The van der Waals surface area contributed by atoms with E-state index < -0.39 is 11.6 Å². The Hall–Kier alpha value is -1.81. The first-order chi connectivity index (χ1) is 13.7. The van der Waals surface area contributed by atoms with Crippen LogP contribution in [0.3, 0.4) is 0 Å². The van der Waals surface area contributed by atoms with Gasteiger partial charge in [0.05, 0.1) is 26.4 Å². The van der Waals surface area contributed by atoms with E-state index in [0.717, 1.165) is 31.7 Å². The van der Waals surface area contributed by atoms with Gasteiger partial charge in [-0.25, -0.2) is 9.97 Å². The number of hydrogen-bond acceptors (Lipinski definition) is 8. The molecule has 9 nitrogen and oxygen atoms in total. The van der Waals surface area contributed by atoms with E-state index in [4.69, 9.17) is 18.9 Å². The number of anilines is 1. The van der Waals surface area contributed by atoms with Gasteiger partial charge in [0.2, 0.25) is 0 Å². The smallest absolute Gasteiger partial charge is 0.272 e. The monoisotopic (exact) mass is 390 g/mol. The highest BCUT2D eigenvalue weighted by Gasteiger charge is 2.42. The molecular weight excluding hydrogens is 364 g/mol. The molecule has 4 aliphatic heterocycles. The number of ether oxygens (including phenoxy) is 4. The van der Waals surface area contributed by atoms with E-state index >= 15 is 0 Å². The van der Waals surface area contributed by atoms with Gasteiger partial charge in [0.25, 0.3) is 5.91 Å². The van der Waals surface area contributed by atoms with Crippen LogP contribution in [-0.2, 0) is 18.9 Å². The SMILES string of the molecule is O=C(c1cc(N2CCC3(CC2)OCCO3)ncn1)N1CCC2(CC1)OCCO2. The lowest BCUT2D eigenvalue weighted by molar-refractivity contribution is -0.181. The summed E-state index contributed by atoms with van der Waals surface area (Å²) in [6.07, 6.45) is 4.48. The van der Waals surface area contributed by atoms with Crippen molar-refractivity contribution in [2.75, 3.05) is 57.5 Å². The Balaban J connectivity index is 1.22. The summed E-state index contributed by atoms with van der Waals surface area (Å²) in [5.74, 6) is -0.187. The number of nitrogens with zero attached hydrogens (tertiary/aromatic N) is 4. The van der Waals surface area contributed by atoms with Crippen LogP contribution in [0.15, 0.2) is 12.4 Å². The fourth-order valence-electron chi connectivity index (χ4n) is 4.50. The molecule has 2 spiro atoms. The molecule has 0 N–H and O–H groups in total. The lowest BCUT2D eigenvalue weighted by Crippen LogP contribution is -2.47. The normalized spacial score (nSPS) is 26.3. The summed E-state index contributed by atoms with van der Waals surface area (Å²) in [5, 5.41) is 0. The number of hydrogen-bond donors (Lipinski definition) is 0. The lowest BCUT2D eigenvalue weighted by Gasteiger charge is -2.38. The second-order valence-electron chi connectivity index (χ2n) is 7.76. The molecule has 4 fully saturated rings. The van der Waals surface area contributed by atoms with Crippen LogP contribution in [-0.4, -0.2) is 85.0 Å². The van der Waals surface area contributed by atoms with Crippen LogP contribution in [0.5, 0.6) is 0 Å². The fourth-order valence-corrected chi connectivity index (χ4v) is 4.50. The predicted octanol–water partition coefficient (Wildman–Crippen LogP) is 0.799. The third-order valence-corrected chi connectivity index (χ3v) is 6.16. The quantitative estimate of drug-likeness (QED) is 0.733. The Morgan fingerprint density at radius 1 is 0.821 bits per heavy atom. The Morgan fingerprint density at radius 2 is 1.36 bits per heavy atom. The molecule has 28 heavy (non-hydrogen) atoms. The van der Waals surface area contributed by atoms with Gasteiger partial charge in [0.15, 0.2) is 11.6 Å². The molecule has 1 amide bonds.